The van der Waals surface area contributed by atoms with Gasteiger partial charge >= 0.3 is 0 Å². The number of hydrazine groups is 1. The molecule has 126 valence electrons. The van der Waals surface area contributed by atoms with Crippen LogP contribution >= 0.6 is 11.6 Å². The summed E-state index contributed by atoms with van der Waals surface area (Å²) in [6.07, 6.45) is 6.59. The van der Waals surface area contributed by atoms with Gasteiger partial charge in [-0.2, -0.15) is 0 Å². The number of anilines is 2. The van der Waals surface area contributed by atoms with Crippen molar-refractivity contribution in [2.45, 2.75) is 25.7 Å². The fourth-order valence-electron chi connectivity index (χ4n) is 2.77. The molecule has 2 heterocycles. The molecule has 1 amide bonds. The van der Waals surface area contributed by atoms with Crippen molar-refractivity contribution in [1.82, 2.24) is 10.4 Å². The van der Waals surface area contributed by atoms with Gasteiger partial charge in [0.05, 0.1) is 11.3 Å². The van der Waals surface area contributed by atoms with Crippen molar-refractivity contribution in [3.63, 3.8) is 0 Å². The molecule has 0 saturated carbocycles. The number of carbonyl (C=O) groups is 1. The van der Waals surface area contributed by atoms with Crippen LogP contribution in [0.2, 0.25) is 5.02 Å². The Balaban J connectivity index is 1.59. The molecule has 0 radical (unpaired) electrons. The molecular weight excluding hydrogens is 324 g/mol. The van der Waals surface area contributed by atoms with Crippen LogP contribution in [0, 0.1) is 0 Å². The minimum Gasteiger partial charge on any atom is -0.357 e. The lowest BCUT2D eigenvalue weighted by atomic mass is 10.2. The molecule has 0 aliphatic carbocycles. The van der Waals surface area contributed by atoms with E-state index in [1.807, 2.05) is 24.3 Å². The fourth-order valence-corrected chi connectivity index (χ4v) is 2.96. The molecule has 24 heavy (non-hydrogen) atoms. The molecule has 0 unspecified atom stereocenters. The summed E-state index contributed by atoms with van der Waals surface area (Å²) in [6.45, 7) is 2.07. The molecule has 2 N–H and O–H groups in total. The van der Waals surface area contributed by atoms with Gasteiger partial charge in [-0.05, 0) is 43.2 Å². The van der Waals surface area contributed by atoms with Gasteiger partial charge in [-0.25, -0.2) is 4.98 Å². The Hall–Kier alpha value is -2.27. The highest BCUT2D eigenvalue weighted by atomic mass is 35.5. The minimum absolute atomic E-state index is 0.232. The molecule has 1 saturated heterocycles. The van der Waals surface area contributed by atoms with Crippen molar-refractivity contribution >= 4 is 29.0 Å². The van der Waals surface area contributed by atoms with Crippen LogP contribution in [-0.4, -0.2) is 24.0 Å². The van der Waals surface area contributed by atoms with Gasteiger partial charge in [0.2, 0.25) is 0 Å². The van der Waals surface area contributed by atoms with Crippen molar-refractivity contribution in [1.29, 1.82) is 0 Å². The van der Waals surface area contributed by atoms with E-state index < -0.39 is 0 Å². The van der Waals surface area contributed by atoms with Crippen LogP contribution in [-0.2, 0) is 0 Å². The van der Waals surface area contributed by atoms with E-state index in [1.54, 1.807) is 18.3 Å². The molecule has 6 heteroatoms. The van der Waals surface area contributed by atoms with Crippen LogP contribution < -0.4 is 15.8 Å². The predicted molar refractivity (Wildman–Crippen MR) is 97.5 cm³/mol. The third-order valence-electron chi connectivity index (χ3n) is 4.09. The predicted octanol–water partition coefficient (Wildman–Crippen LogP) is 3.87. The normalized spacial score (nSPS) is 14.8. The van der Waals surface area contributed by atoms with E-state index in [0.717, 1.165) is 24.6 Å². The van der Waals surface area contributed by atoms with Crippen LogP contribution in [0.1, 0.15) is 36.0 Å². The number of amides is 1. The molecule has 2 aromatic rings. The number of pyridine rings is 1. The summed E-state index contributed by atoms with van der Waals surface area (Å²) in [5.74, 6) is 0.709. The summed E-state index contributed by atoms with van der Waals surface area (Å²) < 4.78 is 0. The van der Waals surface area contributed by atoms with E-state index in [-0.39, 0.29) is 5.91 Å². The van der Waals surface area contributed by atoms with Crippen LogP contribution in [0.3, 0.4) is 0 Å². The number of benzene rings is 1. The van der Waals surface area contributed by atoms with Gasteiger partial charge in [0, 0.05) is 24.3 Å². The third-order valence-corrected chi connectivity index (χ3v) is 4.32. The number of aromatic nitrogens is 1. The van der Waals surface area contributed by atoms with Gasteiger partial charge in [0.25, 0.3) is 5.91 Å². The van der Waals surface area contributed by atoms with Gasteiger partial charge in [0.1, 0.15) is 5.82 Å². The summed E-state index contributed by atoms with van der Waals surface area (Å²) in [5.41, 5.74) is 6.74. The smallest absolute Gasteiger partial charge is 0.271 e. The zero-order valence-electron chi connectivity index (χ0n) is 13.5. The maximum atomic E-state index is 12.2. The summed E-state index contributed by atoms with van der Waals surface area (Å²) in [7, 11) is 0. The van der Waals surface area contributed by atoms with Crippen LogP contribution in [0.25, 0.3) is 0 Å². The lowest BCUT2D eigenvalue weighted by Gasteiger charge is -2.21. The van der Waals surface area contributed by atoms with Crippen molar-refractivity contribution in [3.05, 3.63) is 53.2 Å². The first-order valence-corrected chi connectivity index (χ1v) is 8.63. The Morgan fingerprint density at radius 2 is 1.88 bits per heavy atom. The van der Waals surface area contributed by atoms with E-state index in [2.05, 4.69) is 20.7 Å². The quantitative estimate of drug-likeness (QED) is 0.827. The number of nitrogens with zero attached hydrogens (tertiary/aromatic N) is 2. The van der Waals surface area contributed by atoms with Gasteiger partial charge in [-0.1, -0.05) is 30.5 Å². The van der Waals surface area contributed by atoms with Gasteiger partial charge in [-0.3, -0.25) is 15.6 Å². The number of rotatable bonds is 4. The second-order valence-electron chi connectivity index (χ2n) is 5.90. The summed E-state index contributed by atoms with van der Waals surface area (Å²) in [6, 6.07) is 10.9. The first-order chi connectivity index (χ1) is 11.7. The highest BCUT2D eigenvalue weighted by molar-refractivity contribution is 6.30. The SMILES string of the molecule is O=C(NNc1cccc(Cl)c1)c1ccc(N2CCCCCC2)nc1. The largest absolute Gasteiger partial charge is 0.357 e. The van der Waals surface area contributed by atoms with E-state index in [4.69, 9.17) is 11.6 Å². The van der Waals surface area contributed by atoms with Crippen LogP contribution in [0.15, 0.2) is 42.6 Å². The second kappa shape index (κ2) is 8.02. The lowest BCUT2D eigenvalue weighted by molar-refractivity contribution is 0.0962. The third kappa shape index (κ3) is 4.38. The fraction of sp³-hybridized carbons (Fsp3) is 0.333. The molecule has 1 aliphatic heterocycles. The molecule has 1 aliphatic rings. The van der Waals surface area contributed by atoms with Crippen molar-refractivity contribution in [3.8, 4) is 0 Å². The Morgan fingerprint density at radius 3 is 2.54 bits per heavy atom. The van der Waals surface area contributed by atoms with E-state index >= 15 is 0 Å². The first-order valence-electron chi connectivity index (χ1n) is 8.25. The summed E-state index contributed by atoms with van der Waals surface area (Å²) >= 11 is 5.91. The van der Waals surface area contributed by atoms with Gasteiger partial charge in [-0.15, -0.1) is 0 Å². The highest BCUT2D eigenvalue weighted by Crippen LogP contribution is 2.18. The minimum atomic E-state index is -0.232. The Bertz CT molecular complexity index is 682. The monoisotopic (exact) mass is 344 g/mol. The molecule has 3 rings (SSSR count). The van der Waals surface area contributed by atoms with Crippen LogP contribution in [0.5, 0.6) is 0 Å². The first kappa shape index (κ1) is 16.6. The Labute approximate surface area is 147 Å². The molecule has 1 aromatic carbocycles. The van der Waals surface area contributed by atoms with Gasteiger partial charge < -0.3 is 4.90 Å². The maximum absolute atomic E-state index is 12.2. The highest BCUT2D eigenvalue weighted by Gasteiger charge is 2.12. The van der Waals surface area contributed by atoms with Crippen molar-refractivity contribution in [2.75, 3.05) is 23.4 Å². The average molecular weight is 345 g/mol. The topological polar surface area (TPSA) is 57.3 Å². The molecule has 1 fully saturated rings. The molecule has 0 bridgehead atoms. The number of halogens is 1. The summed E-state index contributed by atoms with van der Waals surface area (Å²) in [5, 5.41) is 0.609. The molecule has 0 spiro atoms. The van der Waals surface area contributed by atoms with Crippen molar-refractivity contribution in [2.24, 2.45) is 0 Å². The Morgan fingerprint density at radius 1 is 1.08 bits per heavy atom. The Kier molecular flexibility index (Phi) is 5.54. The van der Waals surface area contributed by atoms with Crippen LogP contribution in [0.4, 0.5) is 11.5 Å². The lowest BCUT2D eigenvalue weighted by Crippen LogP contribution is -2.30. The van der Waals surface area contributed by atoms with Crippen molar-refractivity contribution < 1.29 is 4.79 Å². The second-order valence-corrected chi connectivity index (χ2v) is 6.33. The molecular formula is C18H21ClN4O. The maximum Gasteiger partial charge on any atom is 0.271 e. The van der Waals surface area contributed by atoms with E-state index in [9.17, 15) is 4.79 Å². The number of hydrogen-bond donors (Lipinski definition) is 2. The number of hydrogen-bond acceptors (Lipinski definition) is 4. The number of carbonyl (C=O) groups excluding carboxylic acids is 1. The zero-order chi connectivity index (χ0) is 16.8. The van der Waals surface area contributed by atoms with E-state index in [1.165, 1.54) is 25.7 Å². The van der Waals surface area contributed by atoms with Gasteiger partial charge in [0.15, 0.2) is 0 Å². The summed E-state index contributed by atoms with van der Waals surface area (Å²) in [4.78, 5) is 18.9. The van der Waals surface area contributed by atoms with E-state index in [0.29, 0.717) is 10.6 Å². The molecule has 0 atom stereocenters. The molecule has 5 nitrogen and oxygen atoms in total. The average Bonchev–Trinajstić information content (AvgIpc) is 2.89. The zero-order valence-corrected chi connectivity index (χ0v) is 14.2. The molecule has 1 aromatic heterocycles. The number of nitrogens with one attached hydrogen (secondary N) is 2. The standard InChI is InChI=1S/C18H21ClN4O/c19-15-6-5-7-16(12-15)21-22-18(24)14-8-9-17(20-13-14)23-10-3-1-2-4-11-23/h5-9,12-13,21H,1-4,10-11H2,(H,22,24).